The number of nitrogens with zero attached hydrogens (tertiary/aromatic N) is 1. The second-order valence-electron chi connectivity index (χ2n) is 9.54. The number of thioether (sulfide) groups is 1. The Kier molecular flexibility index (Phi) is 8.72. The van der Waals surface area contributed by atoms with Crippen LogP contribution in [-0.2, 0) is 26.1 Å². The smallest absolute Gasteiger partial charge is 0.261 e. The minimum atomic E-state index is -3.72. The molecule has 0 spiro atoms. The molecule has 10 heteroatoms. The zero-order valence-electron chi connectivity index (χ0n) is 21.8. The third-order valence-corrected chi connectivity index (χ3v) is 9.30. The van der Waals surface area contributed by atoms with E-state index in [9.17, 15) is 18.7 Å². The Morgan fingerprint density at radius 2 is 1.57 bits per heavy atom. The van der Waals surface area contributed by atoms with E-state index >= 15 is 0 Å². The van der Waals surface area contributed by atoms with Crippen molar-refractivity contribution in [2.24, 2.45) is 5.92 Å². The first kappa shape index (κ1) is 28.1. The summed E-state index contributed by atoms with van der Waals surface area (Å²) in [4.78, 5) is 0.181. The Morgan fingerprint density at radius 3 is 2.25 bits per heavy atom. The van der Waals surface area contributed by atoms with Crippen molar-refractivity contribution in [3.63, 3.8) is 0 Å². The lowest BCUT2D eigenvalue weighted by molar-refractivity contribution is -0.645. The third kappa shape index (κ3) is 6.48. The van der Waals surface area contributed by atoms with Crippen molar-refractivity contribution in [3.05, 3.63) is 125 Å². The summed E-state index contributed by atoms with van der Waals surface area (Å²) in [5.41, 5.74) is 2.92. The normalized spacial score (nSPS) is 21.1. The Labute approximate surface area is 238 Å². The van der Waals surface area contributed by atoms with Gasteiger partial charge in [0, 0.05) is 35.1 Å². The van der Waals surface area contributed by atoms with Crippen molar-refractivity contribution in [1.29, 1.82) is 0 Å². The predicted molar refractivity (Wildman–Crippen MR) is 153 cm³/mol. The third-order valence-electron chi connectivity index (χ3n) is 6.80. The SMILES string of the molecule is C[C@@H]1[C@H](CSc2cccc[n+]2[O-])O[C@H](c2ccc(NS(=O)(=O)c3ccccc3)cc2)O[C@@H]1c1ccc(CO)cc1. The van der Waals surface area contributed by atoms with Crippen LogP contribution in [0.4, 0.5) is 5.69 Å². The molecule has 0 amide bonds. The van der Waals surface area contributed by atoms with Crippen molar-refractivity contribution in [2.45, 2.75) is 42.0 Å². The standard InChI is InChI=1S/C30H30N2O6S2/c1-21-27(20-39-28-9-5-6-18-32(28)34)37-30(38-29(21)23-12-10-22(19-33)11-13-23)24-14-16-25(17-15-24)31-40(35,36)26-7-3-2-4-8-26/h2-18,21,27,29-31,33H,19-20H2,1H3/t21-,27+,29+,30+/m1/s1. The van der Waals surface area contributed by atoms with Gasteiger partial charge in [-0.2, -0.15) is 4.73 Å². The molecular weight excluding hydrogens is 548 g/mol. The quantitative estimate of drug-likeness (QED) is 0.160. The molecule has 1 aliphatic rings. The first-order valence-corrected chi connectivity index (χ1v) is 15.3. The van der Waals surface area contributed by atoms with Crippen LogP contribution in [0.1, 0.15) is 36.0 Å². The number of sulfonamides is 1. The van der Waals surface area contributed by atoms with E-state index in [0.29, 0.717) is 16.5 Å². The number of rotatable bonds is 9. The molecule has 0 saturated carbocycles. The summed E-state index contributed by atoms with van der Waals surface area (Å²) in [6.07, 6.45) is 0.212. The maximum Gasteiger partial charge on any atom is 0.261 e. The van der Waals surface area contributed by atoms with Crippen LogP contribution < -0.4 is 9.45 Å². The summed E-state index contributed by atoms with van der Waals surface area (Å²) in [5.74, 6) is 0.498. The highest BCUT2D eigenvalue weighted by atomic mass is 32.2. The fourth-order valence-electron chi connectivity index (χ4n) is 4.52. The zero-order valence-corrected chi connectivity index (χ0v) is 23.4. The molecule has 1 saturated heterocycles. The second kappa shape index (κ2) is 12.4. The van der Waals surface area contributed by atoms with Gasteiger partial charge in [-0.1, -0.05) is 73.3 Å². The fraction of sp³-hybridized carbons (Fsp3) is 0.233. The highest BCUT2D eigenvalue weighted by Crippen LogP contribution is 2.43. The van der Waals surface area contributed by atoms with Gasteiger partial charge in [0.05, 0.1) is 23.7 Å². The van der Waals surface area contributed by atoms with E-state index in [-0.39, 0.29) is 29.6 Å². The minimum absolute atomic E-state index is 0.0375. The fourth-order valence-corrected chi connectivity index (χ4v) is 6.68. The number of nitrogens with one attached hydrogen (secondary N) is 1. The molecule has 1 aliphatic heterocycles. The Balaban J connectivity index is 1.37. The molecular formula is C30H30N2O6S2. The summed E-state index contributed by atoms with van der Waals surface area (Å²) >= 11 is 1.42. The second-order valence-corrected chi connectivity index (χ2v) is 12.3. The number of ether oxygens (including phenoxy) is 2. The lowest BCUT2D eigenvalue weighted by Gasteiger charge is -2.41. The number of pyridine rings is 1. The maximum atomic E-state index is 12.7. The van der Waals surface area contributed by atoms with Gasteiger partial charge in [0.1, 0.15) is 0 Å². The summed E-state index contributed by atoms with van der Waals surface area (Å²) in [6.45, 7) is 2.02. The number of aliphatic hydroxyl groups excluding tert-OH is 1. The molecule has 8 nitrogen and oxygen atoms in total. The largest absolute Gasteiger partial charge is 0.618 e. The van der Waals surface area contributed by atoms with Gasteiger partial charge in [0.25, 0.3) is 15.0 Å². The average Bonchev–Trinajstić information content (AvgIpc) is 2.98. The van der Waals surface area contributed by atoms with Gasteiger partial charge in [-0.15, -0.1) is 0 Å². The first-order chi connectivity index (χ1) is 19.3. The van der Waals surface area contributed by atoms with Gasteiger partial charge in [-0.05, 0) is 41.5 Å². The topological polar surface area (TPSA) is 112 Å². The molecule has 0 bridgehead atoms. The highest BCUT2D eigenvalue weighted by Gasteiger charge is 2.38. The molecule has 208 valence electrons. The molecule has 4 atom stereocenters. The van der Waals surface area contributed by atoms with Crippen LogP contribution in [0, 0.1) is 11.1 Å². The Bertz CT molecular complexity index is 1520. The van der Waals surface area contributed by atoms with Gasteiger partial charge >= 0.3 is 0 Å². The van der Waals surface area contributed by atoms with Gasteiger partial charge < -0.3 is 19.8 Å². The molecule has 3 aromatic carbocycles. The first-order valence-electron chi connectivity index (χ1n) is 12.8. The summed E-state index contributed by atoms with van der Waals surface area (Å²) in [6, 6.07) is 28.0. The van der Waals surface area contributed by atoms with Crippen LogP contribution >= 0.6 is 11.8 Å². The van der Waals surface area contributed by atoms with E-state index < -0.39 is 16.3 Å². The molecule has 5 rings (SSSR count). The summed E-state index contributed by atoms with van der Waals surface area (Å²) < 4.78 is 41.8. The predicted octanol–water partition coefficient (Wildman–Crippen LogP) is 5.20. The van der Waals surface area contributed by atoms with Crippen molar-refractivity contribution in [1.82, 2.24) is 0 Å². The molecule has 2 N–H and O–H groups in total. The van der Waals surface area contributed by atoms with Crippen molar-refractivity contribution < 1.29 is 27.7 Å². The number of benzene rings is 3. The van der Waals surface area contributed by atoms with Crippen LogP contribution in [0.15, 0.2) is 113 Å². The molecule has 0 radical (unpaired) electrons. The van der Waals surface area contributed by atoms with Crippen LogP contribution in [0.5, 0.6) is 0 Å². The number of aromatic nitrogens is 1. The molecule has 0 aliphatic carbocycles. The zero-order chi connectivity index (χ0) is 28.1. The molecule has 1 aromatic heterocycles. The molecule has 2 heterocycles. The molecule has 1 fully saturated rings. The van der Waals surface area contributed by atoms with E-state index in [0.717, 1.165) is 21.4 Å². The molecule has 40 heavy (non-hydrogen) atoms. The van der Waals surface area contributed by atoms with E-state index in [1.807, 2.05) is 30.3 Å². The van der Waals surface area contributed by atoms with Gasteiger partial charge in [-0.3, -0.25) is 4.72 Å². The molecule has 4 aromatic rings. The maximum absolute atomic E-state index is 12.7. The lowest BCUT2D eigenvalue weighted by atomic mass is 9.91. The van der Waals surface area contributed by atoms with Gasteiger partial charge in [0.15, 0.2) is 12.5 Å². The molecule has 0 unspecified atom stereocenters. The monoisotopic (exact) mass is 578 g/mol. The lowest BCUT2D eigenvalue weighted by Crippen LogP contribution is -2.39. The number of aliphatic hydroxyl groups is 1. The number of hydrogen-bond donors (Lipinski definition) is 2. The van der Waals surface area contributed by atoms with Crippen molar-refractivity contribution in [2.75, 3.05) is 10.5 Å². The van der Waals surface area contributed by atoms with Crippen molar-refractivity contribution >= 4 is 27.5 Å². The van der Waals surface area contributed by atoms with E-state index in [2.05, 4.69) is 11.6 Å². The van der Waals surface area contributed by atoms with Gasteiger partial charge in [0.2, 0.25) is 0 Å². The van der Waals surface area contributed by atoms with Crippen molar-refractivity contribution in [3.8, 4) is 0 Å². The van der Waals surface area contributed by atoms with Crippen LogP contribution in [0.3, 0.4) is 0 Å². The number of anilines is 1. The van der Waals surface area contributed by atoms with E-state index in [1.165, 1.54) is 30.1 Å². The minimum Gasteiger partial charge on any atom is -0.618 e. The average molecular weight is 579 g/mol. The van der Waals surface area contributed by atoms with Crippen LogP contribution in [0.2, 0.25) is 0 Å². The van der Waals surface area contributed by atoms with Gasteiger partial charge in [-0.25, -0.2) is 8.42 Å². The Morgan fingerprint density at radius 1 is 0.900 bits per heavy atom. The van der Waals surface area contributed by atoms with E-state index in [4.69, 9.17) is 9.47 Å². The van der Waals surface area contributed by atoms with Crippen LogP contribution in [0.25, 0.3) is 0 Å². The van der Waals surface area contributed by atoms with Crippen LogP contribution in [-0.4, -0.2) is 25.4 Å². The summed E-state index contributed by atoms with van der Waals surface area (Å²) in [5, 5.41) is 22.2. The highest BCUT2D eigenvalue weighted by molar-refractivity contribution is 7.99. The number of hydrogen-bond acceptors (Lipinski definition) is 7. The van der Waals surface area contributed by atoms with E-state index in [1.54, 1.807) is 54.6 Å². The summed E-state index contributed by atoms with van der Waals surface area (Å²) in [7, 11) is -3.72. The Hall–Kier alpha value is -3.41.